The minimum Gasteiger partial charge on any atom is -0.456 e. The van der Waals surface area contributed by atoms with Crippen LogP contribution in [0.5, 0.6) is 0 Å². The van der Waals surface area contributed by atoms with Crippen LogP contribution in [0.1, 0.15) is 107 Å². The average Bonchev–Trinajstić information content (AvgIpc) is 3.11. The molecule has 2 rings (SSSR count). The van der Waals surface area contributed by atoms with Crippen molar-refractivity contribution >= 4 is 24.0 Å². The van der Waals surface area contributed by atoms with Crippen molar-refractivity contribution in [2.75, 3.05) is 6.79 Å². The van der Waals surface area contributed by atoms with Gasteiger partial charge < -0.3 is 33.7 Å². The molecule has 0 aromatic heterocycles. The molecule has 11 nitrogen and oxygen atoms in total. The van der Waals surface area contributed by atoms with Crippen LogP contribution in [0, 0.1) is 17.3 Å². The highest BCUT2D eigenvalue weighted by Crippen LogP contribution is 2.34. The number of hydrogen-bond donors (Lipinski definition) is 1. The topological polar surface area (TPSA) is 136 Å². The fourth-order valence-corrected chi connectivity index (χ4v) is 5.94. The predicted octanol–water partition coefficient (Wildman–Crippen LogP) is 9.12. The Morgan fingerprint density at radius 2 is 1.31 bits per heavy atom. The molecule has 0 radical (unpaired) electrons. The number of rotatable bonds is 20. The maximum absolute atomic E-state index is 14.0. The standard InChI is InChI=1S/C43H63NO10/c1-13-36(53-41(48)50-26-34-22-18-15-19-23-34)43(11,12)38(45)31(6)29(4)30(5)32(7)52-39(46)37(51-27-49-25-33-20-16-14-17-21-33)35(24-28(2)3)44-40(47)54-42(8,9)10/h14-23,28,31-32,35-37H,13,24-27H2,1-12H3,(H,44,47)/b30-29+/t31-,32+,35+,36+,37?/m1/s1. The quantitative estimate of drug-likeness (QED) is 0.0459. The molecule has 5 atom stereocenters. The summed E-state index contributed by atoms with van der Waals surface area (Å²) in [6.07, 6.45) is -3.46. The number of benzene rings is 2. The molecule has 0 aliphatic rings. The zero-order valence-electron chi connectivity index (χ0n) is 34.4. The van der Waals surface area contributed by atoms with Crippen LogP contribution >= 0.6 is 0 Å². The van der Waals surface area contributed by atoms with E-state index in [4.69, 9.17) is 28.4 Å². The van der Waals surface area contributed by atoms with Gasteiger partial charge in [-0.15, -0.1) is 0 Å². The molecule has 0 saturated heterocycles. The first kappa shape index (κ1) is 45.9. The SMILES string of the molecule is CC[C@H](OC(=O)OCc1ccccc1)C(C)(C)C(=O)[C@H](C)/C(C)=C(\C)[C@H](C)OC(=O)C(OCOCc1ccccc1)[C@H](CC(C)C)NC(=O)OC(C)(C)C. The second kappa shape index (κ2) is 21.6. The Morgan fingerprint density at radius 3 is 1.83 bits per heavy atom. The summed E-state index contributed by atoms with van der Waals surface area (Å²) in [4.78, 5) is 53.5. The molecular formula is C43H63NO10. The van der Waals surface area contributed by atoms with Gasteiger partial charge in [0.15, 0.2) is 6.10 Å². The van der Waals surface area contributed by atoms with Gasteiger partial charge in [0.2, 0.25) is 0 Å². The molecule has 0 aliphatic carbocycles. The third-order valence-electron chi connectivity index (χ3n) is 9.28. The second-order valence-corrected chi connectivity index (χ2v) is 15.7. The maximum Gasteiger partial charge on any atom is 0.508 e. The largest absolute Gasteiger partial charge is 0.508 e. The number of carbonyl (C=O) groups is 4. The van der Waals surface area contributed by atoms with Crippen LogP contribution in [0.3, 0.4) is 0 Å². The van der Waals surface area contributed by atoms with Crippen molar-refractivity contribution in [2.45, 2.75) is 139 Å². The molecule has 11 heteroatoms. The molecule has 54 heavy (non-hydrogen) atoms. The van der Waals surface area contributed by atoms with Crippen LogP contribution in [0.4, 0.5) is 9.59 Å². The Bertz CT molecular complexity index is 1510. The summed E-state index contributed by atoms with van der Waals surface area (Å²) >= 11 is 0. The lowest BCUT2D eigenvalue weighted by Gasteiger charge is -2.34. The Hall–Kier alpha value is -4.22. The summed E-state index contributed by atoms with van der Waals surface area (Å²) in [6.45, 7) is 21.8. The van der Waals surface area contributed by atoms with Gasteiger partial charge in [-0.2, -0.15) is 0 Å². The lowest BCUT2D eigenvalue weighted by atomic mass is 9.74. The smallest absolute Gasteiger partial charge is 0.456 e. The first-order valence-corrected chi connectivity index (χ1v) is 18.8. The van der Waals surface area contributed by atoms with E-state index in [1.165, 1.54) is 0 Å². The number of ether oxygens (including phenoxy) is 6. The summed E-state index contributed by atoms with van der Waals surface area (Å²) in [5.41, 5.74) is 1.33. The number of carbonyl (C=O) groups excluding carboxylic acids is 4. The third-order valence-corrected chi connectivity index (χ3v) is 9.28. The van der Waals surface area contributed by atoms with Gasteiger partial charge in [-0.1, -0.05) is 93.9 Å². The van der Waals surface area contributed by atoms with E-state index in [1.807, 2.05) is 95.3 Å². The van der Waals surface area contributed by atoms with E-state index in [-0.39, 0.29) is 31.7 Å². The van der Waals surface area contributed by atoms with Crippen LogP contribution in [-0.2, 0) is 51.2 Å². The molecule has 1 unspecified atom stereocenters. The highest BCUT2D eigenvalue weighted by atomic mass is 16.7. The molecule has 0 aliphatic heterocycles. The van der Waals surface area contributed by atoms with Gasteiger partial charge >= 0.3 is 18.2 Å². The zero-order valence-corrected chi connectivity index (χ0v) is 34.4. The molecule has 1 N–H and O–H groups in total. The number of Topliss-reactive ketones (excluding diaryl/α,β-unsaturated/α-hetero) is 1. The van der Waals surface area contributed by atoms with E-state index in [0.717, 1.165) is 11.1 Å². The van der Waals surface area contributed by atoms with E-state index >= 15 is 0 Å². The summed E-state index contributed by atoms with van der Waals surface area (Å²) in [5.74, 6) is -1.37. The molecule has 0 saturated carbocycles. The van der Waals surface area contributed by atoms with Crippen LogP contribution < -0.4 is 5.32 Å². The van der Waals surface area contributed by atoms with Gasteiger partial charge in [0.05, 0.1) is 18.1 Å². The van der Waals surface area contributed by atoms with Crippen LogP contribution in [0.2, 0.25) is 0 Å². The molecular weight excluding hydrogens is 690 g/mol. The van der Waals surface area contributed by atoms with Crippen LogP contribution in [0.15, 0.2) is 71.8 Å². The number of esters is 1. The van der Waals surface area contributed by atoms with Gasteiger partial charge in [-0.25, -0.2) is 14.4 Å². The fourth-order valence-electron chi connectivity index (χ4n) is 5.94. The Labute approximate surface area is 322 Å². The van der Waals surface area contributed by atoms with Crippen molar-refractivity contribution in [1.82, 2.24) is 5.32 Å². The Balaban J connectivity index is 2.23. The highest BCUT2D eigenvalue weighted by Gasteiger charge is 2.42. The number of amides is 1. The molecule has 0 heterocycles. The third kappa shape index (κ3) is 15.3. The number of hydrogen-bond acceptors (Lipinski definition) is 10. The van der Waals surface area contributed by atoms with Gasteiger partial charge in [0.25, 0.3) is 0 Å². The normalized spacial score (nSPS) is 15.2. The van der Waals surface area contributed by atoms with Crippen LogP contribution in [0.25, 0.3) is 0 Å². The van der Waals surface area contributed by atoms with Gasteiger partial charge in [0.1, 0.15) is 37.0 Å². The number of allylic oxidation sites excluding steroid dienone is 1. The Morgan fingerprint density at radius 1 is 0.759 bits per heavy atom. The zero-order chi connectivity index (χ0) is 40.6. The molecule has 1 amide bonds. The minimum atomic E-state index is -1.23. The molecule has 0 spiro atoms. The van der Waals surface area contributed by atoms with Crippen LogP contribution in [-0.4, -0.2) is 60.7 Å². The first-order valence-electron chi connectivity index (χ1n) is 18.8. The first-order chi connectivity index (χ1) is 25.3. The second-order valence-electron chi connectivity index (χ2n) is 15.7. The number of ketones is 1. The number of nitrogens with one attached hydrogen (secondary N) is 1. The van der Waals surface area contributed by atoms with E-state index in [1.54, 1.807) is 48.5 Å². The molecule has 2 aromatic rings. The van der Waals surface area contributed by atoms with Crippen molar-refractivity contribution in [1.29, 1.82) is 0 Å². The summed E-state index contributed by atoms with van der Waals surface area (Å²) in [7, 11) is 0. The van der Waals surface area contributed by atoms with Crippen molar-refractivity contribution in [3.05, 3.63) is 82.9 Å². The van der Waals surface area contributed by atoms with E-state index in [2.05, 4.69) is 5.32 Å². The van der Waals surface area contributed by atoms with E-state index in [0.29, 0.717) is 24.0 Å². The minimum absolute atomic E-state index is 0.0560. The predicted molar refractivity (Wildman–Crippen MR) is 207 cm³/mol. The van der Waals surface area contributed by atoms with Crippen molar-refractivity contribution < 1.29 is 47.6 Å². The molecule has 0 bridgehead atoms. The summed E-state index contributed by atoms with van der Waals surface area (Å²) in [5, 5.41) is 2.82. The monoisotopic (exact) mass is 753 g/mol. The fraction of sp³-hybridized carbons (Fsp3) is 0.581. The average molecular weight is 754 g/mol. The van der Waals surface area contributed by atoms with Crippen molar-refractivity contribution in [2.24, 2.45) is 17.3 Å². The lowest BCUT2D eigenvalue weighted by Crippen LogP contribution is -2.51. The molecule has 2 aromatic carbocycles. The maximum atomic E-state index is 14.0. The Kier molecular flexibility index (Phi) is 18.4. The number of alkyl carbamates (subject to hydrolysis) is 1. The molecule has 0 fully saturated rings. The van der Waals surface area contributed by atoms with Gasteiger partial charge in [-0.05, 0) is 90.8 Å². The van der Waals surface area contributed by atoms with Crippen molar-refractivity contribution in [3.8, 4) is 0 Å². The van der Waals surface area contributed by atoms with Gasteiger partial charge in [0, 0.05) is 5.92 Å². The molecule has 300 valence electrons. The highest BCUT2D eigenvalue weighted by molar-refractivity contribution is 5.89. The van der Waals surface area contributed by atoms with E-state index < -0.39 is 59.5 Å². The van der Waals surface area contributed by atoms with Gasteiger partial charge in [-0.3, -0.25) is 4.79 Å². The summed E-state index contributed by atoms with van der Waals surface area (Å²) in [6, 6.07) is 18.0. The lowest BCUT2D eigenvalue weighted by molar-refractivity contribution is -0.174. The summed E-state index contributed by atoms with van der Waals surface area (Å²) < 4.78 is 34.2. The van der Waals surface area contributed by atoms with E-state index in [9.17, 15) is 19.2 Å². The van der Waals surface area contributed by atoms with Crippen molar-refractivity contribution in [3.63, 3.8) is 0 Å².